The maximum atomic E-state index is 12.1. The number of ether oxygens (including phenoxy) is 1. The lowest BCUT2D eigenvalue weighted by Gasteiger charge is -2.25. The molecule has 150 valence electrons. The molecule has 0 unspecified atom stereocenters. The van der Waals surface area contributed by atoms with Gasteiger partial charge in [-0.15, -0.1) is 0 Å². The minimum absolute atomic E-state index is 0.0920. The number of carbonyl (C=O) groups excluding carboxylic acids is 1. The van der Waals surface area contributed by atoms with Gasteiger partial charge >= 0.3 is 5.97 Å². The van der Waals surface area contributed by atoms with Gasteiger partial charge in [-0.3, -0.25) is 14.6 Å². The number of unbranched alkanes of at least 4 members (excludes halogenated alkanes) is 1. The number of aliphatic carboxylic acids is 1. The molecule has 5 nitrogen and oxygen atoms in total. The molecule has 1 aromatic rings. The highest BCUT2D eigenvalue weighted by Crippen LogP contribution is 2.45. The van der Waals surface area contributed by atoms with Gasteiger partial charge in [0.2, 0.25) is 0 Å². The first-order valence-corrected chi connectivity index (χ1v) is 10.2. The van der Waals surface area contributed by atoms with Crippen LogP contribution in [0.3, 0.4) is 0 Å². The Bertz CT molecular complexity index is 713. The van der Waals surface area contributed by atoms with Crippen molar-refractivity contribution < 1.29 is 19.4 Å². The Morgan fingerprint density at radius 2 is 1.86 bits per heavy atom. The van der Waals surface area contributed by atoms with E-state index in [-0.39, 0.29) is 18.3 Å². The van der Waals surface area contributed by atoms with Crippen molar-refractivity contribution in [1.82, 2.24) is 0 Å². The van der Waals surface area contributed by atoms with Gasteiger partial charge < -0.3 is 9.84 Å². The molecule has 2 heterocycles. The van der Waals surface area contributed by atoms with Crippen molar-refractivity contribution in [2.24, 2.45) is 16.8 Å². The predicted octanol–water partition coefficient (Wildman–Crippen LogP) is 4.33. The van der Waals surface area contributed by atoms with Crippen molar-refractivity contribution in [2.75, 3.05) is 6.54 Å². The van der Waals surface area contributed by atoms with E-state index < -0.39 is 5.97 Å². The molecule has 4 atom stereocenters. The average Bonchev–Trinajstić information content (AvgIpc) is 3.30. The third-order valence-corrected chi connectivity index (χ3v) is 5.74. The van der Waals surface area contributed by atoms with Gasteiger partial charge in [-0.25, -0.2) is 0 Å². The second kappa shape index (κ2) is 10.3. The minimum Gasteiger partial charge on any atom is -0.481 e. The van der Waals surface area contributed by atoms with E-state index in [2.05, 4.69) is 17.1 Å². The van der Waals surface area contributed by atoms with Crippen molar-refractivity contribution >= 4 is 18.0 Å². The van der Waals surface area contributed by atoms with Crippen LogP contribution >= 0.6 is 0 Å². The van der Waals surface area contributed by atoms with Crippen LogP contribution in [0.25, 0.3) is 0 Å². The van der Waals surface area contributed by atoms with E-state index in [1.165, 1.54) is 0 Å². The summed E-state index contributed by atoms with van der Waals surface area (Å²) in [6, 6.07) is 9.31. The molecule has 1 N–H and O–H groups in total. The van der Waals surface area contributed by atoms with Crippen molar-refractivity contribution in [1.29, 1.82) is 0 Å². The fraction of sp³-hybridized carbons (Fsp3) is 0.522. The zero-order valence-electron chi connectivity index (χ0n) is 16.2. The topological polar surface area (TPSA) is 76.0 Å². The smallest absolute Gasteiger partial charge is 0.303 e. The molecule has 2 aliphatic rings. The zero-order chi connectivity index (χ0) is 19.8. The van der Waals surface area contributed by atoms with Crippen LogP contribution in [0, 0.1) is 11.8 Å². The van der Waals surface area contributed by atoms with Gasteiger partial charge in [-0.05, 0) is 38.0 Å². The Labute approximate surface area is 166 Å². The molecule has 0 spiro atoms. The van der Waals surface area contributed by atoms with Crippen molar-refractivity contribution in [3.05, 3.63) is 48.0 Å². The fourth-order valence-electron chi connectivity index (χ4n) is 4.28. The van der Waals surface area contributed by atoms with Crippen molar-refractivity contribution in [2.45, 2.75) is 57.2 Å². The van der Waals surface area contributed by atoms with E-state index in [9.17, 15) is 9.59 Å². The number of carboxylic acid groups (broad SMARTS) is 1. The predicted molar refractivity (Wildman–Crippen MR) is 109 cm³/mol. The molecule has 0 saturated carbocycles. The Hall–Kier alpha value is -2.27. The summed E-state index contributed by atoms with van der Waals surface area (Å²) in [5, 5.41) is 8.68. The van der Waals surface area contributed by atoms with E-state index in [0.717, 1.165) is 31.2 Å². The quantitative estimate of drug-likeness (QED) is 0.267. The van der Waals surface area contributed by atoms with Crippen LogP contribution in [0.2, 0.25) is 0 Å². The molecule has 2 saturated heterocycles. The standard InChI is InChI=1S/C23H29NO4/c25-20(17-8-4-3-5-9-17)14-15-24-16-19-18(21-12-13-22(19)28-21)10-6-1-2-7-11-23(26)27/h1,3-6,8-9,15,18-19,21-22H,2,7,10-14,16H2,(H,26,27)/t18-,19-,21-,22+/m1/s1. The number of hydrogen-bond donors (Lipinski definition) is 1. The number of aliphatic imine (C=N–C) groups is 1. The number of rotatable bonds is 11. The van der Waals surface area contributed by atoms with Crippen LogP contribution in [0.4, 0.5) is 0 Å². The number of fused-ring (bicyclic) bond motifs is 2. The zero-order valence-corrected chi connectivity index (χ0v) is 16.2. The molecule has 1 aromatic carbocycles. The first-order chi connectivity index (χ1) is 13.6. The van der Waals surface area contributed by atoms with E-state index in [1.807, 2.05) is 30.3 Å². The third kappa shape index (κ3) is 5.61. The van der Waals surface area contributed by atoms with Crippen LogP contribution in [0.15, 0.2) is 47.5 Å². The molecule has 3 rings (SSSR count). The summed E-state index contributed by atoms with van der Waals surface area (Å²) in [5.41, 5.74) is 0.725. The van der Waals surface area contributed by atoms with Crippen molar-refractivity contribution in [3.63, 3.8) is 0 Å². The van der Waals surface area contributed by atoms with Crippen LogP contribution in [0.1, 0.15) is 55.3 Å². The lowest BCUT2D eigenvalue weighted by molar-refractivity contribution is -0.137. The molecule has 0 radical (unpaired) electrons. The molecule has 0 aliphatic carbocycles. The number of carbonyl (C=O) groups is 2. The fourth-order valence-corrected chi connectivity index (χ4v) is 4.28. The third-order valence-electron chi connectivity index (χ3n) is 5.74. The van der Waals surface area contributed by atoms with Gasteiger partial charge in [-0.2, -0.15) is 0 Å². The number of benzene rings is 1. The molecule has 28 heavy (non-hydrogen) atoms. The van der Waals surface area contributed by atoms with Crippen LogP contribution < -0.4 is 0 Å². The summed E-state index contributed by atoms with van der Waals surface area (Å²) in [6.45, 7) is 0.709. The van der Waals surface area contributed by atoms with Crippen molar-refractivity contribution in [3.8, 4) is 0 Å². The molecular weight excluding hydrogens is 354 g/mol. The lowest BCUT2D eigenvalue weighted by Crippen LogP contribution is -2.29. The summed E-state index contributed by atoms with van der Waals surface area (Å²) < 4.78 is 6.10. The Kier molecular flexibility index (Phi) is 7.54. The van der Waals surface area contributed by atoms with E-state index in [4.69, 9.17) is 9.84 Å². The highest BCUT2D eigenvalue weighted by atomic mass is 16.5. The second-order valence-electron chi connectivity index (χ2n) is 7.65. The Morgan fingerprint density at radius 1 is 1.11 bits per heavy atom. The van der Waals surface area contributed by atoms with Gasteiger partial charge in [0.25, 0.3) is 0 Å². The molecule has 2 fully saturated rings. The number of nitrogens with zero attached hydrogens (tertiary/aromatic N) is 1. The highest BCUT2D eigenvalue weighted by molar-refractivity contribution is 6.03. The van der Waals surface area contributed by atoms with E-state index in [0.29, 0.717) is 37.3 Å². The molecule has 5 heteroatoms. The summed E-state index contributed by atoms with van der Waals surface area (Å²) in [4.78, 5) is 27.2. The number of Topliss-reactive ketones (excluding diaryl/α,β-unsaturated/α-hetero) is 1. The maximum absolute atomic E-state index is 12.1. The molecule has 0 amide bonds. The summed E-state index contributed by atoms with van der Waals surface area (Å²) in [5.74, 6) is 0.231. The van der Waals surface area contributed by atoms with E-state index in [1.54, 1.807) is 6.21 Å². The molecule has 2 bridgehead atoms. The largest absolute Gasteiger partial charge is 0.481 e. The van der Waals surface area contributed by atoms with Crippen LogP contribution in [-0.4, -0.2) is 41.8 Å². The number of carboxylic acids is 1. The minimum atomic E-state index is -0.737. The van der Waals surface area contributed by atoms with Gasteiger partial charge in [0, 0.05) is 37.1 Å². The van der Waals surface area contributed by atoms with Gasteiger partial charge in [0.05, 0.1) is 12.2 Å². The van der Waals surface area contributed by atoms with E-state index >= 15 is 0 Å². The highest BCUT2D eigenvalue weighted by Gasteiger charge is 2.47. The first-order valence-electron chi connectivity index (χ1n) is 10.2. The Morgan fingerprint density at radius 3 is 2.61 bits per heavy atom. The number of ketones is 1. The van der Waals surface area contributed by atoms with Gasteiger partial charge in [0.1, 0.15) is 0 Å². The summed E-state index contributed by atoms with van der Waals surface area (Å²) >= 11 is 0. The summed E-state index contributed by atoms with van der Waals surface area (Å²) in [6.07, 6.45) is 11.8. The SMILES string of the molecule is O=C(O)CCCC=CC[C@@H]1[C@@H](CN=CCC(=O)c2ccccc2)[C@@H]2CC[C@H]1O2. The summed E-state index contributed by atoms with van der Waals surface area (Å²) in [7, 11) is 0. The van der Waals surface area contributed by atoms with Crippen LogP contribution in [-0.2, 0) is 9.53 Å². The normalized spacial score (nSPS) is 26.4. The second-order valence-corrected chi connectivity index (χ2v) is 7.65. The van der Waals surface area contributed by atoms with Crippen LogP contribution in [0.5, 0.6) is 0 Å². The Balaban J connectivity index is 1.44. The molecule has 0 aromatic heterocycles. The number of allylic oxidation sites excluding steroid dienone is 2. The monoisotopic (exact) mass is 383 g/mol. The maximum Gasteiger partial charge on any atom is 0.303 e. The molecule has 2 aliphatic heterocycles. The van der Waals surface area contributed by atoms with Gasteiger partial charge in [-0.1, -0.05) is 42.5 Å². The number of hydrogen-bond acceptors (Lipinski definition) is 4. The lowest BCUT2D eigenvalue weighted by atomic mass is 9.77. The first kappa shape index (κ1) is 20.5. The average molecular weight is 383 g/mol. The molecular formula is C23H29NO4. The van der Waals surface area contributed by atoms with Gasteiger partial charge in [0.15, 0.2) is 5.78 Å².